The number of amides is 1. The van der Waals surface area contributed by atoms with E-state index in [1.807, 2.05) is 72.8 Å². The molecule has 3 aromatic carbocycles. The van der Waals surface area contributed by atoms with E-state index in [0.29, 0.717) is 10.9 Å². The lowest BCUT2D eigenvalue weighted by Crippen LogP contribution is -2.30. The van der Waals surface area contributed by atoms with Crippen molar-refractivity contribution in [1.29, 1.82) is 0 Å². The zero-order chi connectivity index (χ0) is 18.6. The highest BCUT2D eigenvalue weighted by molar-refractivity contribution is 7.18. The SMILES string of the molecule is CC(Oc1ccc2ccccc2c1)C(=O)Nc1nnc(-c2ccccc2)s1. The van der Waals surface area contributed by atoms with Gasteiger partial charge in [-0.2, -0.15) is 0 Å². The molecule has 1 amide bonds. The smallest absolute Gasteiger partial charge is 0.266 e. The first-order valence-corrected chi connectivity index (χ1v) is 9.36. The summed E-state index contributed by atoms with van der Waals surface area (Å²) >= 11 is 1.33. The highest BCUT2D eigenvalue weighted by atomic mass is 32.1. The monoisotopic (exact) mass is 375 g/mol. The molecule has 0 saturated heterocycles. The van der Waals surface area contributed by atoms with Crippen LogP contribution in [0.5, 0.6) is 5.75 Å². The van der Waals surface area contributed by atoms with E-state index in [-0.39, 0.29) is 5.91 Å². The van der Waals surface area contributed by atoms with Crippen LogP contribution in [-0.4, -0.2) is 22.2 Å². The molecule has 0 fully saturated rings. The Bertz CT molecular complexity index is 1080. The summed E-state index contributed by atoms with van der Waals surface area (Å²) in [4.78, 5) is 12.4. The Kier molecular flexibility index (Phi) is 4.80. The average Bonchev–Trinajstić information content (AvgIpc) is 3.17. The van der Waals surface area contributed by atoms with Crippen molar-refractivity contribution in [3.63, 3.8) is 0 Å². The first kappa shape index (κ1) is 17.2. The fourth-order valence-corrected chi connectivity index (χ4v) is 3.43. The molecule has 0 spiro atoms. The molecule has 0 aliphatic carbocycles. The van der Waals surface area contributed by atoms with Crippen molar-refractivity contribution >= 4 is 33.1 Å². The van der Waals surface area contributed by atoms with Crippen molar-refractivity contribution in [2.75, 3.05) is 5.32 Å². The summed E-state index contributed by atoms with van der Waals surface area (Å²) in [6.45, 7) is 1.71. The summed E-state index contributed by atoms with van der Waals surface area (Å²) in [5, 5.41) is 14.4. The molecule has 6 heteroatoms. The molecule has 0 aliphatic rings. The van der Waals surface area contributed by atoms with Crippen molar-refractivity contribution in [2.45, 2.75) is 13.0 Å². The van der Waals surface area contributed by atoms with Gasteiger partial charge in [0.2, 0.25) is 5.13 Å². The van der Waals surface area contributed by atoms with Gasteiger partial charge in [0.15, 0.2) is 6.10 Å². The van der Waals surface area contributed by atoms with E-state index in [2.05, 4.69) is 15.5 Å². The van der Waals surface area contributed by atoms with Crippen LogP contribution in [0.15, 0.2) is 72.8 Å². The molecular weight excluding hydrogens is 358 g/mol. The van der Waals surface area contributed by atoms with E-state index < -0.39 is 6.10 Å². The van der Waals surface area contributed by atoms with E-state index in [0.717, 1.165) is 21.3 Å². The van der Waals surface area contributed by atoms with Gasteiger partial charge >= 0.3 is 0 Å². The second-order valence-electron chi connectivity index (χ2n) is 6.04. The van der Waals surface area contributed by atoms with Crippen LogP contribution in [0.1, 0.15) is 6.92 Å². The molecule has 0 radical (unpaired) electrons. The number of aromatic nitrogens is 2. The molecule has 4 aromatic rings. The second kappa shape index (κ2) is 7.55. The van der Waals surface area contributed by atoms with Gasteiger partial charge in [0.05, 0.1) is 0 Å². The summed E-state index contributed by atoms with van der Waals surface area (Å²) in [5.74, 6) is 0.387. The van der Waals surface area contributed by atoms with Crippen molar-refractivity contribution < 1.29 is 9.53 Å². The first-order chi connectivity index (χ1) is 13.2. The highest BCUT2D eigenvalue weighted by Crippen LogP contribution is 2.26. The van der Waals surface area contributed by atoms with Crippen LogP contribution < -0.4 is 10.1 Å². The number of rotatable bonds is 5. The predicted molar refractivity (Wildman–Crippen MR) is 108 cm³/mol. The molecule has 4 rings (SSSR count). The number of benzene rings is 3. The molecule has 0 bridgehead atoms. The van der Waals surface area contributed by atoms with Gasteiger partial charge in [-0.25, -0.2) is 0 Å². The van der Waals surface area contributed by atoms with E-state index in [9.17, 15) is 4.79 Å². The topological polar surface area (TPSA) is 64.1 Å². The third-order valence-corrected chi connectivity index (χ3v) is 4.97. The Balaban J connectivity index is 1.42. The van der Waals surface area contributed by atoms with Gasteiger partial charge in [0.1, 0.15) is 10.8 Å². The normalized spacial score (nSPS) is 11.9. The quantitative estimate of drug-likeness (QED) is 0.546. The van der Waals surface area contributed by atoms with Gasteiger partial charge in [0.25, 0.3) is 5.91 Å². The van der Waals surface area contributed by atoms with Gasteiger partial charge in [-0.05, 0) is 29.8 Å². The van der Waals surface area contributed by atoms with Crippen LogP contribution in [0, 0.1) is 0 Å². The maximum atomic E-state index is 12.4. The fraction of sp³-hybridized carbons (Fsp3) is 0.0952. The van der Waals surface area contributed by atoms with Crippen LogP contribution in [0.4, 0.5) is 5.13 Å². The maximum absolute atomic E-state index is 12.4. The highest BCUT2D eigenvalue weighted by Gasteiger charge is 2.17. The molecule has 1 heterocycles. The van der Waals surface area contributed by atoms with Crippen molar-refractivity contribution in [1.82, 2.24) is 10.2 Å². The molecule has 27 heavy (non-hydrogen) atoms. The largest absolute Gasteiger partial charge is 0.481 e. The zero-order valence-corrected chi connectivity index (χ0v) is 15.4. The lowest BCUT2D eigenvalue weighted by molar-refractivity contribution is -0.122. The summed E-state index contributed by atoms with van der Waals surface area (Å²) in [6.07, 6.45) is -0.657. The van der Waals surface area contributed by atoms with Gasteiger partial charge in [0, 0.05) is 5.56 Å². The van der Waals surface area contributed by atoms with Gasteiger partial charge in [-0.1, -0.05) is 72.0 Å². The van der Waals surface area contributed by atoms with Crippen LogP contribution in [0.2, 0.25) is 0 Å². The molecule has 1 atom stereocenters. The van der Waals surface area contributed by atoms with Crippen molar-refractivity contribution in [2.24, 2.45) is 0 Å². The Morgan fingerprint density at radius 1 is 0.963 bits per heavy atom. The Morgan fingerprint density at radius 2 is 1.70 bits per heavy atom. The Morgan fingerprint density at radius 3 is 2.52 bits per heavy atom. The number of hydrogen-bond acceptors (Lipinski definition) is 5. The minimum absolute atomic E-state index is 0.265. The molecule has 134 valence electrons. The standard InChI is InChI=1S/C21H17N3O2S/c1-14(26-18-12-11-15-7-5-6-10-17(15)13-18)19(25)22-21-24-23-20(27-21)16-8-3-2-4-9-16/h2-14H,1H3,(H,22,24,25). The Hall–Kier alpha value is -3.25. The van der Waals surface area contributed by atoms with E-state index in [1.54, 1.807) is 6.92 Å². The fourth-order valence-electron chi connectivity index (χ4n) is 2.68. The molecule has 0 aliphatic heterocycles. The second-order valence-corrected chi connectivity index (χ2v) is 7.01. The van der Waals surface area contributed by atoms with Crippen molar-refractivity contribution in [3.8, 4) is 16.3 Å². The molecule has 1 unspecified atom stereocenters. The first-order valence-electron chi connectivity index (χ1n) is 8.54. The van der Waals surface area contributed by atoms with E-state index in [1.165, 1.54) is 11.3 Å². The maximum Gasteiger partial charge on any atom is 0.266 e. The minimum atomic E-state index is -0.657. The number of carbonyl (C=O) groups is 1. The zero-order valence-electron chi connectivity index (χ0n) is 14.6. The molecule has 0 saturated carbocycles. The molecule has 5 nitrogen and oxygen atoms in total. The lowest BCUT2D eigenvalue weighted by Gasteiger charge is -2.14. The third kappa shape index (κ3) is 3.96. The number of ether oxygens (including phenoxy) is 1. The van der Waals surface area contributed by atoms with E-state index in [4.69, 9.17) is 4.74 Å². The average molecular weight is 375 g/mol. The number of nitrogens with one attached hydrogen (secondary N) is 1. The van der Waals surface area contributed by atoms with Crippen LogP contribution in [0.3, 0.4) is 0 Å². The van der Waals surface area contributed by atoms with Crippen LogP contribution >= 0.6 is 11.3 Å². The van der Waals surface area contributed by atoms with Gasteiger partial charge in [-0.15, -0.1) is 10.2 Å². The molecule has 1 aromatic heterocycles. The Labute approximate surface area is 160 Å². The lowest BCUT2D eigenvalue weighted by atomic mass is 10.1. The predicted octanol–water partition coefficient (Wildman–Crippen LogP) is 4.76. The van der Waals surface area contributed by atoms with Gasteiger partial charge in [-0.3, -0.25) is 10.1 Å². The third-order valence-electron chi connectivity index (χ3n) is 4.08. The van der Waals surface area contributed by atoms with Crippen molar-refractivity contribution in [3.05, 3.63) is 72.8 Å². The summed E-state index contributed by atoms with van der Waals surface area (Å²) in [7, 11) is 0. The van der Waals surface area contributed by atoms with Crippen LogP contribution in [0.25, 0.3) is 21.3 Å². The number of anilines is 1. The molecular formula is C21H17N3O2S. The van der Waals surface area contributed by atoms with Gasteiger partial charge < -0.3 is 4.74 Å². The number of fused-ring (bicyclic) bond motifs is 1. The minimum Gasteiger partial charge on any atom is -0.481 e. The summed E-state index contributed by atoms with van der Waals surface area (Å²) < 4.78 is 5.79. The number of hydrogen-bond donors (Lipinski definition) is 1. The molecule has 1 N–H and O–H groups in total. The number of nitrogens with zero attached hydrogens (tertiary/aromatic N) is 2. The number of carbonyl (C=O) groups excluding carboxylic acids is 1. The van der Waals surface area contributed by atoms with Crippen LogP contribution in [-0.2, 0) is 4.79 Å². The summed E-state index contributed by atoms with van der Waals surface area (Å²) in [6, 6.07) is 23.5. The summed E-state index contributed by atoms with van der Waals surface area (Å²) in [5.41, 5.74) is 0.968. The van der Waals surface area contributed by atoms with E-state index >= 15 is 0 Å².